The summed E-state index contributed by atoms with van der Waals surface area (Å²) in [6.07, 6.45) is -6.33. The summed E-state index contributed by atoms with van der Waals surface area (Å²) in [5.41, 5.74) is -3.11. The number of carbonyl (C=O) groups is 2. The maximum absolute atomic E-state index is 14.1. The molecular formula is C28H35BF3NO7. The number of carboxylic acids is 1. The fourth-order valence-corrected chi connectivity index (χ4v) is 3.95. The maximum Gasteiger partial charge on any atom is 0.498 e. The normalized spacial score (nSPS) is 17.3. The highest BCUT2D eigenvalue weighted by atomic mass is 19.4. The second kappa shape index (κ2) is 11.3. The summed E-state index contributed by atoms with van der Waals surface area (Å²) in [6.45, 7) is 11.8. The van der Waals surface area contributed by atoms with Crippen molar-refractivity contribution >= 4 is 24.6 Å². The largest absolute Gasteiger partial charge is 0.498 e. The molecule has 1 amide bonds. The monoisotopic (exact) mass is 565 g/mol. The van der Waals surface area contributed by atoms with Gasteiger partial charge in [-0.05, 0) is 71.7 Å². The third-order valence-electron chi connectivity index (χ3n) is 6.67. The lowest BCUT2D eigenvalue weighted by Crippen LogP contribution is -2.45. The van der Waals surface area contributed by atoms with Crippen LogP contribution in [-0.4, -0.2) is 47.1 Å². The maximum atomic E-state index is 14.1. The first-order chi connectivity index (χ1) is 18.3. The summed E-state index contributed by atoms with van der Waals surface area (Å²) < 4.78 is 65.6. The van der Waals surface area contributed by atoms with E-state index in [1.807, 2.05) is 6.07 Å². The molecule has 0 unspecified atom stereocenters. The van der Waals surface area contributed by atoms with E-state index < -0.39 is 60.2 Å². The Kier molecular flexibility index (Phi) is 8.86. The van der Waals surface area contributed by atoms with Crippen molar-refractivity contribution in [2.24, 2.45) is 0 Å². The van der Waals surface area contributed by atoms with Gasteiger partial charge in [0, 0.05) is 11.9 Å². The smallest absolute Gasteiger partial charge is 0.489 e. The molecular weight excluding hydrogens is 530 g/mol. The van der Waals surface area contributed by atoms with Crippen LogP contribution in [0.2, 0.25) is 0 Å². The van der Waals surface area contributed by atoms with Gasteiger partial charge in [0.15, 0.2) is 0 Å². The van der Waals surface area contributed by atoms with Gasteiger partial charge in [0.2, 0.25) is 0 Å². The minimum atomic E-state index is -4.78. The summed E-state index contributed by atoms with van der Waals surface area (Å²) in [5, 5.41) is 12.1. The summed E-state index contributed by atoms with van der Waals surface area (Å²) in [6, 6.07) is 9.03. The van der Waals surface area contributed by atoms with E-state index in [2.05, 4.69) is 5.32 Å². The molecule has 1 atom stereocenters. The number of alkyl halides is 3. The Labute approximate surface area is 232 Å². The Morgan fingerprint density at radius 3 is 2.10 bits per heavy atom. The minimum Gasteiger partial charge on any atom is -0.489 e. The van der Waals surface area contributed by atoms with Crippen molar-refractivity contribution < 1.29 is 46.6 Å². The van der Waals surface area contributed by atoms with E-state index >= 15 is 0 Å². The van der Waals surface area contributed by atoms with Crippen molar-refractivity contribution in [1.29, 1.82) is 0 Å². The Morgan fingerprint density at radius 1 is 1.02 bits per heavy atom. The number of benzene rings is 2. The molecule has 0 aliphatic carbocycles. The quantitative estimate of drug-likeness (QED) is 0.429. The van der Waals surface area contributed by atoms with Crippen molar-refractivity contribution in [3.05, 3.63) is 59.2 Å². The molecule has 40 heavy (non-hydrogen) atoms. The third kappa shape index (κ3) is 7.69. The van der Waals surface area contributed by atoms with Crippen LogP contribution in [0.15, 0.2) is 42.5 Å². The van der Waals surface area contributed by atoms with Crippen LogP contribution >= 0.6 is 0 Å². The first kappa shape index (κ1) is 31.3. The topological polar surface area (TPSA) is 103 Å². The number of alkyl carbamates (subject to hydrolysis) is 1. The van der Waals surface area contributed by atoms with Crippen LogP contribution < -0.4 is 15.5 Å². The van der Waals surface area contributed by atoms with Crippen LogP contribution in [0.25, 0.3) is 0 Å². The van der Waals surface area contributed by atoms with Crippen molar-refractivity contribution in [2.45, 2.75) is 90.5 Å². The number of rotatable bonds is 8. The van der Waals surface area contributed by atoms with Crippen molar-refractivity contribution in [2.75, 3.05) is 0 Å². The number of aliphatic carboxylic acids is 1. The van der Waals surface area contributed by atoms with Gasteiger partial charge in [-0.15, -0.1) is 0 Å². The zero-order valence-electron chi connectivity index (χ0n) is 23.6. The summed E-state index contributed by atoms with van der Waals surface area (Å²) in [4.78, 5) is 24.5. The van der Waals surface area contributed by atoms with E-state index in [0.717, 1.165) is 17.7 Å². The standard InChI is InChI=1S/C28H35BF3NO7/c1-25(2,3)38-24(36)33-21(23(34)35)14-18-13-19(28(30,31)32)15-20(29-39-26(4,5)27(6,7)40-29)22(18)37-16-17-11-9-8-10-12-17/h8-13,15,21H,14,16H2,1-7H3,(H,33,36)(H,34,35)/t21-/m0/s1. The number of hydrogen-bond donors (Lipinski definition) is 2. The number of amides is 1. The predicted molar refractivity (Wildman–Crippen MR) is 142 cm³/mol. The number of ether oxygens (including phenoxy) is 2. The number of carboxylic acid groups (broad SMARTS) is 1. The Bertz CT molecular complexity index is 1210. The molecule has 1 aliphatic rings. The zero-order valence-corrected chi connectivity index (χ0v) is 23.6. The van der Waals surface area contributed by atoms with Crippen LogP contribution in [0.3, 0.4) is 0 Å². The third-order valence-corrected chi connectivity index (χ3v) is 6.67. The van der Waals surface area contributed by atoms with Gasteiger partial charge in [-0.3, -0.25) is 0 Å². The van der Waals surface area contributed by atoms with Crippen LogP contribution in [0.5, 0.6) is 5.75 Å². The first-order valence-corrected chi connectivity index (χ1v) is 12.8. The highest BCUT2D eigenvalue weighted by Gasteiger charge is 2.53. The van der Waals surface area contributed by atoms with E-state index in [9.17, 15) is 27.9 Å². The van der Waals surface area contributed by atoms with Crippen LogP contribution in [0, 0.1) is 0 Å². The van der Waals surface area contributed by atoms with Crippen molar-refractivity contribution in [3.8, 4) is 5.75 Å². The number of halogens is 3. The van der Waals surface area contributed by atoms with E-state index in [0.29, 0.717) is 0 Å². The van der Waals surface area contributed by atoms with E-state index in [1.165, 1.54) is 0 Å². The molecule has 8 nitrogen and oxygen atoms in total. The Hall–Kier alpha value is -3.25. The SMILES string of the molecule is CC(C)(C)OC(=O)N[C@@H](Cc1cc(C(F)(F)F)cc(B2OC(C)(C)C(C)(C)O2)c1OCc1ccccc1)C(=O)O. The molecule has 0 aromatic heterocycles. The fourth-order valence-electron chi connectivity index (χ4n) is 3.95. The van der Waals surface area contributed by atoms with E-state index in [1.54, 1.807) is 72.7 Å². The predicted octanol–water partition coefficient (Wildman–Crippen LogP) is 5.10. The molecule has 0 spiro atoms. The van der Waals surface area contributed by atoms with Gasteiger partial charge >= 0.3 is 25.4 Å². The zero-order chi connectivity index (χ0) is 30.1. The van der Waals surface area contributed by atoms with Gasteiger partial charge in [0.25, 0.3) is 0 Å². The molecule has 1 fully saturated rings. The average Bonchev–Trinajstić information content (AvgIpc) is 3.02. The van der Waals surface area contributed by atoms with Gasteiger partial charge in [-0.1, -0.05) is 30.3 Å². The Balaban J connectivity index is 2.12. The number of carbonyl (C=O) groups excluding carboxylic acids is 1. The summed E-state index contributed by atoms with van der Waals surface area (Å²) >= 11 is 0. The average molecular weight is 565 g/mol. The summed E-state index contributed by atoms with van der Waals surface area (Å²) in [7, 11) is -1.24. The lowest BCUT2D eigenvalue weighted by Gasteiger charge is -2.32. The summed E-state index contributed by atoms with van der Waals surface area (Å²) in [5.74, 6) is -1.48. The molecule has 1 saturated heterocycles. The lowest BCUT2D eigenvalue weighted by molar-refractivity contribution is -0.139. The molecule has 3 rings (SSSR count). The molecule has 1 aliphatic heterocycles. The molecule has 0 radical (unpaired) electrons. The Morgan fingerprint density at radius 2 is 1.60 bits per heavy atom. The van der Waals surface area contributed by atoms with Crippen LogP contribution in [0.4, 0.5) is 18.0 Å². The van der Waals surface area contributed by atoms with E-state index in [-0.39, 0.29) is 23.4 Å². The second-order valence-corrected chi connectivity index (χ2v) is 11.7. The van der Waals surface area contributed by atoms with Gasteiger partial charge in [-0.25, -0.2) is 9.59 Å². The van der Waals surface area contributed by atoms with Crippen LogP contribution in [-0.2, 0) is 38.0 Å². The van der Waals surface area contributed by atoms with Gasteiger partial charge in [0.1, 0.15) is 24.0 Å². The molecule has 0 bridgehead atoms. The van der Waals surface area contributed by atoms with Crippen molar-refractivity contribution in [3.63, 3.8) is 0 Å². The second-order valence-electron chi connectivity index (χ2n) is 11.7. The lowest BCUT2D eigenvalue weighted by atomic mass is 9.75. The molecule has 2 N–H and O–H groups in total. The van der Waals surface area contributed by atoms with E-state index in [4.69, 9.17) is 18.8 Å². The molecule has 2 aromatic carbocycles. The molecule has 218 valence electrons. The van der Waals surface area contributed by atoms with Gasteiger partial charge < -0.3 is 29.2 Å². The minimum absolute atomic E-state index is 0.0207. The highest BCUT2D eigenvalue weighted by molar-refractivity contribution is 6.63. The van der Waals surface area contributed by atoms with Crippen molar-refractivity contribution in [1.82, 2.24) is 5.32 Å². The van der Waals surface area contributed by atoms with Gasteiger partial charge in [-0.2, -0.15) is 13.2 Å². The van der Waals surface area contributed by atoms with Crippen LogP contribution in [0.1, 0.15) is 65.2 Å². The van der Waals surface area contributed by atoms with Gasteiger partial charge in [0.05, 0.1) is 16.8 Å². The molecule has 12 heteroatoms. The highest BCUT2D eigenvalue weighted by Crippen LogP contribution is 2.39. The fraction of sp³-hybridized carbons (Fsp3) is 0.500. The first-order valence-electron chi connectivity index (χ1n) is 12.8. The molecule has 1 heterocycles. The molecule has 2 aromatic rings. The number of nitrogens with one attached hydrogen (secondary N) is 1. The molecule has 0 saturated carbocycles. The number of hydrogen-bond acceptors (Lipinski definition) is 6.